The summed E-state index contributed by atoms with van der Waals surface area (Å²) >= 11 is 1.68. The number of anilines is 2. The monoisotopic (exact) mass is 373 g/mol. The van der Waals surface area contributed by atoms with Crippen LogP contribution < -0.4 is 10.6 Å². The zero-order valence-electron chi connectivity index (χ0n) is 16.0. The first-order chi connectivity index (χ1) is 12.2. The molecule has 3 aromatic heterocycles. The summed E-state index contributed by atoms with van der Waals surface area (Å²) in [6, 6.07) is 6.10. The van der Waals surface area contributed by atoms with Gasteiger partial charge in [-0.3, -0.25) is 5.10 Å². The predicted molar refractivity (Wildman–Crippen MR) is 110 cm³/mol. The van der Waals surface area contributed by atoms with Gasteiger partial charge in [0.1, 0.15) is 5.82 Å². The van der Waals surface area contributed by atoms with E-state index in [0.717, 1.165) is 32.3 Å². The van der Waals surface area contributed by atoms with Gasteiger partial charge in [-0.2, -0.15) is 5.10 Å². The highest BCUT2D eigenvalue weighted by atomic mass is 32.1. The number of aliphatic hydroxyl groups is 1. The molecule has 7 heteroatoms. The maximum Gasteiger partial charge on any atom is 0.129 e. The summed E-state index contributed by atoms with van der Waals surface area (Å²) in [6.45, 7) is 11.2. The first-order valence-corrected chi connectivity index (χ1v) is 9.56. The molecule has 4 N–H and O–H groups in total. The number of hydrogen-bond acceptors (Lipinski definition) is 6. The lowest BCUT2D eigenvalue weighted by Gasteiger charge is -2.24. The van der Waals surface area contributed by atoms with Crippen molar-refractivity contribution in [1.29, 1.82) is 0 Å². The molecule has 0 bridgehead atoms. The second-order valence-electron chi connectivity index (χ2n) is 8.40. The van der Waals surface area contributed by atoms with Crippen LogP contribution in [-0.4, -0.2) is 39.0 Å². The van der Waals surface area contributed by atoms with Gasteiger partial charge >= 0.3 is 0 Å². The molecule has 0 aliphatic heterocycles. The van der Waals surface area contributed by atoms with Gasteiger partial charge in [-0.05, 0) is 32.9 Å². The summed E-state index contributed by atoms with van der Waals surface area (Å²) in [5.74, 6) is 0.836. The Labute approximate surface area is 158 Å². The maximum absolute atomic E-state index is 9.55. The molecule has 0 spiro atoms. The van der Waals surface area contributed by atoms with Gasteiger partial charge < -0.3 is 15.7 Å². The Morgan fingerprint density at radius 3 is 2.58 bits per heavy atom. The Kier molecular flexibility index (Phi) is 4.94. The molecular weight excluding hydrogens is 346 g/mol. The van der Waals surface area contributed by atoms with Crippen molar-refractivity contribution in [2.45, 2.75) is 40.2 Å². The molecule has 0 fully saturated rings. The van der Waals surface area contributed by atoms with E-state index in [1.54, 1.807) is 17.5 Å². The molecule has 3 rings (SSSR count). The molecule has 26 heavy (non-hydrogen) atoms. The fourth-order valence-corrected chi connectivity index (χ4v) is 3.58. The average Bonchev–Trinajstić information content (AvgIpc) is 3.19. The molecule has 0 aromatic carbocycles. The lowest BCUT2D eigenvalue weighted by molar-refractivity contribution is 0.171. The molecule has 0 saturated carbocycles. The van der Waals surface area contributed by atoms with E-state index >= 15 is 0 Å². The molecule has 6 nitrogen and oxygen atoms in total. The van der Waals surface area contributed by atoms with Gasteiger partial charge in [-0.15, -0.1) is 11.3 Å². The van der Waals surface area contributed by atoms with Crippen LogP contribution in [0.15, 0.2) is 24.4 Å². The third kappa shape index (κ3) is 4.34. The van der Waals surface area contributed by atoms with Crippen molar-refractivity contribution in [3.05, 3.63) is 24.4 Å². The van der Waals surface area contributed by atoms with Crippen molar-refractivity contribution >= 4 is 33.1 Å². The topological polar surface area (TPSA) is 85.9 Å². The van der Waals surface area contributed by atoms with Gasteiger partial charge in [0.2, 0.25) is 0 Å². The van der Waals surface area contributed by atoms with Crippen LogP contribution in [0.3, 0.4) is 0 Å². The van der Waals surface area contributed by atoms with E-state index in [1.165, 1.54) is 0 Å². The smallest absolute Gasteiger partial charge is 0.129 e. The zero-order chi connectivity index (χ0) is 18.9. The summed E-state index contributed by atoms with van der Waals surface area (Å²) in [6.07, 6.45) is 1.75. The second-order valence-corrected chi connectivity index (χ2v) is 9.45. The van der Waals surface area contributed by atoms with Gasteiger partial charge in [0.05, 0.1) is 26.5 Å². The molecule has 0 unspecified atom stereocenters. The van der Waals surface area contributed by atoms with E-state index < -0.39 is 0 Å². The SMILES string of the molecule is CC(C)(CO)CNc1cc(NC(C)(C)C)nc2cc(-c3ccn[nH]3)sc12. The number of aromatic amines is 1. The van der Waals surface area contributed by atoms with Crippen LogP contribution in [0.25, 0.3) is 20.8 Å². The van der Waals surface area contributed by atoms with Gasteiger partial charge in [0.25, 0.3) is 0 Å². The maximum atomic E-state index is 9.55. The largest absolute Gasteiger partial charge is 0.396 e. The lowest BCUT2D eigenvalue weighted by Crippen LogP contribution is -2.28. The van der Waals surface area contributed by atoms with Crippen molar-refractivity contribution in [3.63, 3.8) is 0 Å². The first-order valence-electron chi connectivity index (χ1n) is 8.74. The Balaban J connectivity index is 2.03. The van der Waals surface area contributed by atoms with E-state index in [9.17, 15) is 5.11 Å². The standard InChI is InChI=1S/C19H27N5OS/c1-18(2,3)23-16-9-13(20-10-19(4,5)11-25)17-14(22-16)8-15(26-17)12-6-7-21-24-12/h6-9,25H,10-11H2,1-5H3,(H,21,24)(H2,20,22,23). The second kappa shape index (κ2) is 6.89. The van der Waals surface area contributed by atoms with Crippen molar-refractivity contribution in [2.75, 3.05) is 23.8 Å². The Morgan fingerprint density at radius 1 is 1.19 bits per heavy atom. The van der Waals surface area contributed by atoms with Crippen LogP contribution in [0, 0.1) is 5.41 Å². The molecule has 0 saturated heterocycles. The molecule has 3 heterocycles. The quantitative estimate of drug-likeness (QED) is 0.517. The van der Waals surface area contributed by atoms with Crippen LogP contribution in [0.4, 0.5) is 11.5 Å². The number of aliphatic hydroxyl groups excluding tert-OH is 1. The van der Waals surface area contributed by atoms with E-state index in [1.807, 2.05) is 26.0 Å². The minimum atomic E-state index is -0.198. The predicted octanol–water partition coefficient (Wildman–Crippen LogP) is 4.33. The van der Waals surface area contributed by atoms with Crippen molar-refractivity contribution in [3.8, 4) is 10.6 Å². The molecule has 0 amide bonds. The Morgan fingerprint density at radius 2 is 1.96 bits per heavy atom. The van der Waals surface area contributed by atoms with Crippen LogP contribution in [-0.2, 0) is 0 Å². The minimum absolute atomic E-state index is 0.0788. The molecule has 140 valence electrons. The fraction of sp³-hybridized carbons (Fsp3) is 0.474. The van der Waals surface area contributed by atoms with Crippen molar-refractivity contribution in [2.24, 2.45) is 5.41 Å². The summed E-state index contributed by atoms with van der Waals surface area (Å²) in [5.41, 5.74) is 2.68. The summed E-state index contributed by atoms with van der Waals surface area (Å²) < 4.78 is 1.10. The number of thiophene rings is 1. The van der Waals surface area contributed by atoms with Gasteiger partial charge in [0, 0.05) is 36.4 Å². The fourth-order valence-electron chi connectivity index (χ4n) is 2.52. The highest BCUT2D eigenvalue weighted by molar-refractivity contribution is 7.22. The number of fused-ring (bicyclic) bond motifs is 1. The van der Waals surface area contributed by atoms with Crippen LogP contribution in [0.5, 0.6) is 0 Å². The number of pyridine rings is 1. The van der Waals surface area contributed by atoms with E-state index in [4.69, 9.17) is 4.98 Å². The van der Waals surface area contributed by atoms with Gasteiger partial charge in [-0.25, -0.2) is 4.98 Å². The number of H-pyrrole nitrogens is 1. The zero-order valence-corrected chi connectivity index (χ0v) is 16.8. The van der Waals surface area contributed by atoms with E-state index in [-0.39, 0.29) is 17.6 Å². The molecule has 0 aliphatic rings. The average molecular weight is 374 g/mol. The Bertz CT molecular complexity index is 877. The third-order valence-electron chi connectivity index (χ3n) is 3.93. The lowest BCUT2D eigenvalue weighted by atomic mass is 9.95. The van der Waals surface area contributed by atoms with E-state index in [0.29, 0.717) is 6.54 Å². The highest BCUT2D eigenvalue weighted by Crippen LogP contribution is 2.38. The number of hydrogen-bond donors (Lipinski definition) is 4. The summed E-state index contributed by atoms with van der Waals surface area (Å²) in [4.78, 5) is 5.89. The highest BCUT2D eigenvalue weighted by Gasteiger charge is 2.19. The summed E-state index contributed by atoms with van der Waals surface area (Å²) in [5, 5.41) is 23.6. The molecule has 0 aliphatic carbocycles. The molecule has 0 radical (unpaired) electrons. The first kappa shape index (κ1) is 18.7. The van der Waals surface area contributed by atoms with Crippen LogP contribution >= 0.6 is 11.3 Å². The Hall–Kier alpha value is -2.12. The summed E-state index contributed by atoms with van der Waals surface area (Å²) in [7, 11) is 0. The molecular formula is C19H27N5OS. The van der Waals surface area contributed by atoms with Crippen LogP contribution in [0.1, 0.15) is 34.6 Å². The third-order valence-corrected chi connectivity index (χ3v) is 5.12. The van der Waals surface area contributed by atoms with E-state index in [2.05, 4.69) is 47.7 Å². The number of nitrogens with one attached hydrogen (secondary N) is 3. The van der Waals surface area contributed by atoms with Crippen molar-refractivity contribution < 1.29 is 5.11 Å². The van der Waals surface area contributed by atoms with Gasteiger partial charge in [0.15, 0.2) is 0 Å². The molecule has 0 atom stereocenters. The van der Waals surface area contributed by atoms with Crippen LogP contribution in [0.2, 0.25) is 0 Å². The number of rotatable bonds is 6. The van der Waals surface area contributed by atoms with Gasteiger partial charge in [-0.1, -0.05) is 13.8 Å². The minimum Gasteiger partial charge on any atom is -0.396 e. The normalized spacial score (nSPS) is 12.5. The molecule has 3 aromatic rings. The van der Waals surface area contributed by atoms with Crippen molar-refractivity contribution in [1.82, 2.24) is 15.2 Å². The number of aromatic nitrogens is 3. The number of nitrogens with zero attached hydrogens (tertiary/aromatic N) is 2.